The minimum atomic E-state index is -0.703. The second kappa shape index (κ2) is 14.7. The van der Waals surface area contributed by atoms with Crippen molar-refractivity contribution < 1.29 is 28.6 Å². The quantitative estimate of drug-likeness (QED) is 0.162. The molecule has 57 heavy (non-hydrogen) atoms. The number of imidazole rings is 2. The van der Waals surface area contributed by atoms with E-state index in [-0.39, 0.29) is 48.0 Å². The molecule has 2 saturated carbocycles. The number of rotatable bonds is 9. The third-order valence-electron chi connectivity index (χ3n) is 13.0. The summed E-state index contributed by atoms with van der Waals surface area (Å²) in [6.07, 6.45) is 5.76. The van der Waals surface area contributed by atoms with E-state index in [1.54, 1.807) is 0 Å². The largest absolute Gasteiger partial charge is 0.453 e. The second-order valence-corrected chi connectivity index (χ2v) is 17.2. The monoisotopic (exact) mass is 813 g/mol. The highest BCUT2D eigenvalue weighted by atomic mass is 35.5. The van der Waals surface area contributed by atoms with E-state index in [9.17, 15) is 14.4 Å². The molecule has 2 aromatic carbocycles. The molecule has 8 atom stereocenters. The van der Waals surface area contributed by atoms with Crippen LogP contribution in [0.5, 0.6) is 0 Å². The number of amides is 3. The maximum atomic E-state index is 14.2. The minimum Gasteiger partial charge on any atom is -0.453 e. The van der Waals surface area contributed by atoms with Gasteiger partial charge in [-0.25, -0.2) is 14.8 Å². The summed E-state index contributed by atoms with van der Waals surface area (Å²) >= 11 is 13.5. The number of fused-ring (bicyclic) bond motifs is 2. The SMILES string of the molecule is COC(=O)N[C@H](C(=O)N1C2CC2C[C@H]1c1nc(-c2ccc(-c3ccc(-c4nc([C@@H]5CC6CC6N5C(=O)[C@H]5CCCO5)[nH]c4Cl)cc3)cc2)c(Cl)[nH]1)C1CCOCC1. The van der Waals surface area contributed by atoms with Gasteiger partial charge in [-0.2, -0.15) is 0 Å². The molecule has 3 amide bonds. The van der Waals surface area contributed by atoms with E-state index in [0.717, 1.165) is 66.6 Å². The summed E-state index contributed by atoms with van der Waals surface area (Å²) in [5.41, 5.74) is 5.06. The van der Waals surface area contributed by atoms with Gasteiger partial charge in [-0.05, 0) is 80.2 Å². The van der Waals surface area contributed by atoms with Gasteiger partial charge in [0.2, 0.25) is 5.91 Å². The molecular formula is C42H45Cl2N7O6. The number of hydrogen-bond donors (Lipinski definition) is 3. The summed E-state index contributed by atoms with van der Waals surface area (Å²) in [6.45, 7) is 1.75. The summed E-state index contributed by atoms with van der Waals surface area (Å²) in [6, 6.07) is 15.5. The van der Waals surface area contributed by atoms with Crippen LogP contribution >= 0.6 is 23.2 Å². The standard InChI is InChI=1S/C42H45Cl2N7O6/c1-55-42(54)47-35(25-12-15-56-16-13-25)41(53)51-29-18-27(29)20-31(51)39-46-34(37(44)49-39)24-10-6-22(7-11-24)21-4-8-23(9-5-21)33-36(43)48-38(45-33)30-19-26-17-28(26)50(30)40(52)32-3-2-14-57-32/h4-11,25-32,35H,2-3,12-20H2,1H3,(H,45,48)(H,46,49)(H,47,54)/t26?,27?,28?,29?,30-,31-,32+,35-/m0/s1. The van der Waals surface area contributed by atoms with Crippen molar-refractivity contribution in [2.24, 2.45) is 17.8 Å². The number of hydrogen-bond acceptors (Lipinski definition) is 8. The summed E-state index contributed by atoms with van der Waals surface area (Å²) in [7, 11) is 1.31. The first-order valence-electron chi connectivity index (χ1n) is 20.2. The number of methoxy groups -OCH3 is 1. The number of likely N-dealkylation sites (tertiary alicyclic amines) is 2. The lowest BCUT2D eigenvalue weighted by molar-refractivity contribution is -0.143. The van der Waals surface area contributed by atoms with Crippen LogP contribution in [0.25, 0.3) is 33.6 Å². The topological polar surface area (TPSA) is 155 Å². The highest BCUT2D eigenvalue weighted by molar-refractivity contribution is 6.32. The highest BCUT2D eigenvalue weighted by Crippen LogP contribution is 2.55. The molecule has 6 fully saturated rings. The Morgan fingerprint density at radius 1 is 0.754 bits per heavy atom. The van der Waals surface area contributed by atoms with Crippen LogP contribution in [0, 0.1) is 17.8 Å². The number of alkyl carbamates (subject to hydrolysis) is 1. The van der Waals surface area contributed by atoms with E-state index < -0.39 is 12.1 Å². The van der Waals surface area contributed by atoms with Crippen molar-refractivity contribution in [3.05, 3.63) is 70.5 Å². The predicted molar refractivity (Wildman–Crippen MR) is 211 cm³/mol. The fourth-order valence-electron chi connectivity index (χ4n) is 9.83. The molecule has 4 saturated heterocycles. The Hall–Kier alpha value is -4.43. The van der Waals surface area contributed by atoms with Crippen molar-refractivity contribution >= 4 is 41.1 Å². The molecule has 15 heteroatoms. The van der Waals surface area contributed by atoms with Crippen molar-refractivity contribution in [2.75, 3.05) is 26.9 Å². The Labute approximate surface area is 340 Å². The molecule has 298 valence electrons. The average molecular weight is 815 g/mol. The van der Waals surface area contributed by atoms with Gasteiger partial charge in [0.25, 0.3) is 5.91 Å². The zero-order valence-electron chi connectivity index (χ0n) is 31.6. The smallest absolute Gasteiger partial charge is 0.407 e. The van der Waals surface area contributed by atoms with Gasteiger partial charge in [0.15, 0.2) is 0 Å². The third-order valence-corrected chi connectivity index (χ3v) is 13.6. The average Bonchev–Trinajstić information content (AvgIpc) is 3.72. The Morgan fingerprint density at radius 2 is 1.28 bits per heavy atom. The molecule has 0 bridgehead atoms. The van der Waals surface area contributed by atoms with Crippen molar-refractivity contribution in [1.82, 2.24) is 35.1 Å². The molecule has 2 aromatic heterocycles. The van der Waals surface area contributed by atoms with E-state index >= 15 is 0 Å². The highest BCUT2D eigenvalue weighted by Gasteiger charge is 2.58. The van der Waals surface area contributed by atoms with Gasteiger partial charge < -0.3 is 39.3 Å². The summed E-state index contributed by atoms with van der Waals surface area (Å²) in [5.74, 6) is 2.21. The lowest BCUT2D eigenvalue weighted by Gasteiger charge is -2.35. The molecule has 13 nitrogen and oxygen atoms in total. The minimum absolute atomic E-state index is 0.0428. The summed E-state index contributed by atoms with van der Waals surface area (Å²) < 4.78 is 16.2. The number of aromatic amines is 2. The van der Waals surface area contributed by atoms with Crippen LogP contribution in [-0.4, -0.2) is 98.8 Å². The summed E-state index contributed by atoms with van der Waals surface area (Å²) in [5, 5.41) is 3.71. The molecule has 6 aliphatic rings. The van der Waals surface area contributed by atoms with Crippen molar-refractivity contribution in [1.29, 1.82) is 0 Å². The van der Waals surface area contributed by atoms with Gasteiger partial charge >= 0.3 is 6.09 Å². The Balaban J connectivity index is 0.837. The molecule has 4 aliphatic heterocycles. The van der Waals surface area contributed by atoms with Crippen LogP contribution in [0.1, 0.15) is 75.1 Å². The molecule has 0 spiro atoms. The van der Waals surface area contributed by atoms with Crippen molar-refractivity contribution in [2.45, 2.75) is 87.7 Å². The van der Waals surface area contributed by atoms with Crippen LogP contribution in [0.4, 0.5) is 4.79 Å². The molecule has 4 unspecified atom stereocenters. The fraction of sp³-hybridized carbons (Fsp3) is 0.500. The maximum Gasteiger partial charge on any atom is 0.407 e. The first-order chi connectivity index (χ1) is 27.7. The Morgan fingerprint density at radius 3 is 1.81 bits per heavy atom. The van der Waals surface area contributed by atoms with Crippen LogP contribution in [0.3, 0.4) is 0 Å². The molecule has 0 radical (unpaired) electrons. The number of benzene rings is 2. The first-order valence-corrected chi connectivity index (χ1v) is 20.9. The molecule has 10 rings (SSSR count). The Kier molecular flexibility index (Phi) is 9.54. The van der Waals surface area contributed by atoms with Crippen LogP contribution in [0.2, 0.25) is 10.3 Å². The first kappa shape index (κ1) is 36.9. The number of nitrogens with zero attached hydrogens (tertiary/aromatic N) is 4. The number of nitrogens with one attached hydrogen (secondary N) is 3. The number of carbonyl (C=O) groups excluding carboxylic acids is 3. The van der Waals surface area contributed by atoms with Crippen LogP contribution < -0.4 is 5.32 Å². The predicted octanol–water partition coefficient (Wildman–Crippen LogP) is 7.09. The number of piperidine rings is 2. The van der Waals surface area contributed by atoms with E-state index in [1.807, 2.05) is 58.3 Å². The molecule has 3 N–H and O–H groups in total. The van der Waals surface area contributed by atoms with Crippen LogP contribution in [0.15, 0.2) is 48.5 Å². The van der Waals surface area contributed by atoms with Gasteiger partial charge in [-0.3, -0.25) is 9.59 Å². The van der Waals surface area contributed by atoms with Gasteiger partial charge in [0.1, 0.15) is 45.5 Å². The van der Waals surface area contributed by atoms with E-state index in [0.29, 0.717) is 72.0 Å². The number of aromatic nitrogens is 4. The zero-order chi connectivity index (χ0) is 38.9. The second-order valence-electron chi connectivity index (χ2n) is 16.4. The van der Waals surface area contributed by atoms with E-state index in [1.165, 1.54) is 7.11 Å². The number of ether oxygens (including phenoxy) is 3. The number of carbonyl (C=O) groups is 3. The van der Waals surface area contributed by atoms with Crippen molar-refractivity contribution in [3.63, 3.8) is 0 Å². The fourth-order valence-corrected chi connectivity index (χ4v) is 10.3. The van der Waals surface area contributed by atoms with Crippen LogP contribution in [-0.2, 0) is 23.8 Å². The summed E-state index contributed by atoms with van der Waals surface area (Å²) in [4.78, 5) is 60.4. The van der Waals surface area contributed by atoms with Crippen molar-refractivity contribution in [3.8, 4) is 33.6 Å². The molecule has 4 aromatic rings. The number of halogens is 2. The lowest BCUT2D eigenvalue weighted by Crippen LogP contribution is -2.54. The van der Waals surface area contributed by atoms with Gasteiger partial charge in [0.05, 0.1) is 19.2 Å². The van der Waals surface area contributed by atoms with E-state index in [2.05, 4.69) is 15.3 Å². The van der Waals surface area contributed by atoms with Gasteiger partial charge in [0, 0.05) is 43.0 Å². The molecule has 6 heterocycles. The van der Waals surface area contributed by atoms with Gasteiger partial charge in [-0.15, -0.1) is 0 Å². The number of H-pyrrole nitrogens is 2. The zero-order valence-corrected chi connectivity index (χ0v) is 33.1. The van der Waals surface area contributed by atoms with Gasteiger partial charge in [-0.1, -0.05) is 71.7 Å². The maximum absolute atomic E-state index is 14.2. The Bertz CT molecular complexity index is 2180. The molecule has 2 aliphatic carbocycles. The molecular weight excluding hydrogens is 769 g/mol. The third kappa shape index (κ3) is 6.79. The lowest BCUT2D eigenvalue weighted by atomic mass is 9.90. The normalized spacial score (nSPS) is 28.2. The van der Waals surface area contributed by atoms with E-state index in [4.69, 9.17) is 47.4 Å².